The van der Waals surface area contributed by atoms with Gasteiger partial charge in [-0.05, 0) is 12.5 Å². The Morgan fingerprint density at radius 1 is 1.21 bits per heavy atom. The van der Waals surface area contributed by atoms with Crippen LogP contribution in [0.15, 0.2) is 29.3 Å². The van der Waals surface area contributed by atoms with Crippen LogP contribution < -0.4 is 9.47 Å². The van der Waals surface area contributed by atoms with Crippen LogP contribution in [-0.4, -0.2) is 31.0 Å². The van der Waals surface area contributed by atoms with E-state index in [0.29, 0.717) is 12.0 Å². The molecule has 0 amide bonds. The molecule has 2 aliphatic heterocycles. The Balaban J connectivity index is 1.87. The van der Waals surface area contributed by atoms with E-state index in [0.717, 1.165) is 23.7 Å². The minimum atomic E-state index is 0.481. The molecule has 2 heterocycles. The molecule has 2 unspecified atom stereocenters. The fourth-order valence-corrected chi connectivity index (χ4v) is 3.33. The van der Waals surface area contributed by atoms with Crippen LogP contribution in [0.2, 0.25) is 0 Å². The first-order valence-corrected chi connectivity index (χ1v) is 6.59. The molecule has 1 fully saturated rings. The smallest absolute Gasteiger partial charge is 0.186 e. The average Bonchev–Trinajstić information content (AvgIpc) is 3.05. The lowest BCUT2D eigenvalue weighted by atomic mass is 10.1. The molecular weight excluding hydrogens is 240 g/mol. The highest BCUT2D eigenvalue weighted by atomic mass is 16.5. The summed E-state index contributed by atoms with van der Waals surface area (Å²) in [6.07, 6.45) is 5.75. The Kier molecular flexibility index (Phi) is 2.16. The molecule has 98 valence electrons. The maximum Gasteiger partial charge on any atom is 0.186 e. The van der Waals surface area contributed by atoms with Crippen molar-refractivity contribution in [2.75, 3.05) is 14.2 Å². The van der Waals surface area contributed by atoms with Gasteiger partial charge in [-0.25, -0.2) is 4.99 Å². The third-order valence-corrected chi connectivity index (χ3v) is 4.26. The van der Waals surface area contributed by atoms with Crippen molar-refractivity contribution in [3.63, 3.8) is 0 Å². The van der Waals surface area contributed by atoms with Gasteiger partial charge in [0.1, 0.15) is 11.5 Å². The minimum Gasteiger partial charge on any atom is -0.493 e. The summed E-state index contributed by atoms with van der Waals surface area (Å²) in [6, 6.07) is 4.58. The highest BCUT2D eigenvalue weighted by Gasteiger charge is 2.41. The first-order chi connectivity index (χ1) is 9.31. The summed E-state index contributed by atoms with van der Waals surface area (Å²) in [4.78, 5) is 7.26. The molecule has 1 aromatic carbocycles. The summed E-state index contributed by atoms with van der Waals surface area (Å²) in [6.45, 7) is 0.917. The van der Waals surface area contributed by atoms with Crippen molar-refractivity contribution in [1.29, 1.82) is 0 Å². The van der Waals surface area contributed by atoms with Gasteiger partial charge in [0, 0.05) is 24.1 Å². The van der Waals surface area contributed by atoms with Crippen LogP contribution in [0, 0.1) is 5.92 Å². The van der Waals surface area contributed by atoms with Crippen LogP contribution >= 0.6 is 0 Å². The van der Waals surface area contributed by atoms with E-state index in [1.54, 1.807) is 14.2 Å². The molecule has 0 aromatic heterocycles. The van der Waals surface area contributed by atoms with E-state index in [2.05, 4.69) is 23.1 Å². The number of hydrogen-bond acceptors (Lipinski definition) is 4. The summed E-state index contributed by atoms with van der Waals surface area (Å²) >= 11 is 0. The van der Waals surface area contributed by atoms with E-state index in [1.165, 1.54) is 17.8 Å². The Morgan fingerprint density at radius 3 is 2.89 bits per heavy atom. The van der Waals surface area contributed by atoms with E-state index >= 15 is 0 Å². The van der Waals surface area contributed by atoms with E-state index in [1.807, 2.05) is 6.07 Å². The van der Waals surface area contributed by atoms with Gasteiger partial charge in [-0.3, -0.25) is 0 Å². The molecule has 1 aliphatic carbocycles. The average molecular weight is 256 g/mol. The largest absolute Gasteiger partial charge is 0.493 e. The number of ether oxygens (including phenoxy) is 2. The molecule has 0 spiro atoms. The van der Waals surface area contributed by atoms with Crippen LogP contribution in [-0.2, 0) is 6.54 Å². The normalized spacial score (nSPS) is 26.0. The van der Waals surface area contributed by atoms with Crippen molar-refractivity contribution in [2.45, 2.75) is 19.0 Å². The fourth-order valence-electron chi connectivity index (χ4n) is 3.33. The zero-order valence-electron chi connectivity index (χ0n) is 11.1. The van der Waals surface area contributed by atoms with Gasteiger partial charge in [0.2, 0.25) is 0 Å². The van der Waals surface area contributed by atoms with Crippen LogP contribution in [0.3, 0.4) is 0 Å². The second-order valence-corrected chi connectivity index (χ2v) is 5.20. The number of rotatable bonds is 2. The van der Waals surface area contributed by atoms with Crippen LogP contribution in [0.5, 0.6) is 11.5 Å². The van der Waals surface area contributed by atoms with E-state index in [-0.39, 0.29) is 0 Å². The molecule has 4 nitrogen and oxygen atoms in total. The van der Waals surface area contributed by atoms with Gasteiger partial charge in [-0.15, -0.1) is 0 Å². The number of aliphatic imine (C=N–C) groups is 1. The highest BCUT2D eigenvalue weighted by molar-refractivity contribution is 5.95. The van der Waals surface area contributed by atoms with E-state index in [4.69, 9.17) is 14.5 Å². The first-order valence-electron chi connectivity index (χ1n) is 6.59. The van der Waals surface area contributed by atoms with E-state index in [9.17, 15) is 0 Å². The highest BCUT2D eigenvalue weighted by Crippen LogP contribution is 2.46. The van der Waals surface area contributed by atoms with Crippen molar-refractivity contribution < 1.29 is 9.47 Å². The molecule has 0 N–H and O–H groups in total. The monoisotopic (exact) mass is 256 g/mol. The van der Waals surface area contributed by atoms with Crippen LogP contribution in [0.4, 0.5) is 5.69 Å². The number of nitrogens with zero attached hydrogens (tertiary/aromatic N) is 2. The lowest BCUT2D eigenvalue weighted by Crippen LogP contribution is -2.36. The summed E-state index contributed by atoms with van der Waals surface area (Å²) in [5.74, 6) is 3.16. The summed E-state index contributed by atoms with van der Waals surface area (Å²) in [5, 5.41) is 0. The second-order valence-electron chi connectivity index (χ2n) is 5.20. The van der Waals surface area contributed by atoms with Gasteiger partial charge in [0.05, 0.1) is 14.2 Å². The van der Waals surface area contributed by atoms with Crippen molar-refractivity contribution in [3.8, 4) is 11.5 Å². The Bertz CT molecular complexity index is 606. The summed E-state index contributed by atoms with van der Waals surface area (Å²) < 4.78 is 10.8. The van der Waals surface area contributed by atoms with Crippen molar-refractivity contribution in [3.05, 3.63) is 29.8 Å². The topological polar surface area (TPSA) is 34.1 Å². The van der Waals surface area contributed by atoms with Crippen LogP contribution in [0.25, 0.3) is 0 Å². The number of amidine groups is 1. The molecule has 0 saturated carbocycles. The zero-order chi connectivity index (χ0) is 13.0. The molecule has 4 heteroatoms. The van der Waals surface area contributed by atoms with Crippen molar-refractivity contribution in [2.24, 2.45) is 10.9 Å². The second kappa shape index (κ2) is 3.76. The van der Waals surface area contributed by atoms with Gasteiger partial charge in [-0.1, -0.05) is 18.2 Å². The maximum absolute atomic E-state index is 5.49. The molecule has 2 bridgehead atoms. The number of fused-ring (bicyclic) bond motifs is 6. The molecule has 4 rings (SSSR count). The Hall–Kier alpha value is -1.97. The summed E-state index contributed by atoms with van der Waals surface area (Å²) in [7, 11) is 3.33. The fraction of sp³-hybridized carbons (Fsp3) is 0.400. The molecule has 19 heavy (non-hydrogen) atoms. The molecular formula is C15H16N2O2. The van der Waals surface area contributed by atoms with Crippen molar-refractivity contribution >= 4 is 11.5 Å². The standard InChI is InChI=1S/C15H16N2O2/c1-18-12-6-4-10-8-17-11-5-3-9(7-11)15(17)16-13(10)14(12)19-2/h3-6,9,11H,7-8H2,1-2H3. The number of benzene rings is 1. The summed E-state index contributed by atoms with van der Waals surface area (Å²) in [5.41, 5.74) is 2.15. The number of methoxy groups -OCH3 is 2. The molecule has 2 atom stereocenters. The third kappa shape index (κ3) is 1.37. The van der Waals surface area contributed by atoms with E-state index < -0.39 is 0 Å². The minimum absolute atomic E-state index is 0.481. The first kappa shape index (κ1) is 10.9. The van der Waals surface area contributed by atoms with Gasteiger partial charge >= 0.3 is 0 Å². The molecule has 3 aliphatic rings. The molecule has 1 saturated heterocycles. The molecule has 1 aromatic rings. The predicted octanol–water partition coefficient (Wildman–Crippen LogP) is 2.51. The third-order valence-electron chi connectivity index (χ3n) is 4.26. The lowest BCUT2D eigenvalue weighted by molar-refractivity contribution is 0.349. The Morgan fingerprint density at radius 2 is 2.11 bits per heavy atom. The quantitative estimate of drug-likeness (QED) is 0.762. The maximum atomic E-state index is 5.49. The van der Waals surface area contributed by atoms with Crippen molar-refractivity contribution in [1.82, 2.24) is 4.90 Å². The Labute approximate surface area is 112 Å². The van der Waals surface area contributed by atoms with Gasteiger partial charge < -0.3 is 14.4 Å². The van der Waals surface area contributed by atoms with Gasteiger partial charge in [0.15, 0.2) is 11.5 Å². The van der Waals surface area contributed by atoms with Gasteiger partial charge in [0.25, 0.3) is 0 Å². The predicted molar refractivity (Wildman–Crippen MR) is 73.2 cm³/mol. The SMILES string of the molecule is COc1ccc2c(c1OC)N=C1C3C=CC(C3)N1C2. The number of hydrogen-bond donors (Lipinski definition) is 0. The lowest BCUT2D eigenvalue weighted by Gasteiger charge is -2.32. The molecule has 0 radical (unpaired) electrons. The van der Waals surface area contributed by atoms with Crippen LogP contribution in [0.1, 0.15) is 12.0 Å². The zero-order valence-corrected chi connectivity index (χ0v) is 11.1. The van der Waals surface area contributed by atoms with Gasteiger partial charge in [-0.2, -0.15) is 0 Å².